The fraction of sp³-hybridized carbons (Fsp3) is 0.800. The number of carboxylic acids is 2. The molecule has 0 rings (SSSR count). The van der Waals surface area contributed by atoms with Crippen molar-refractivity contribution >= 4 is 35.1 Å². The Hall–Kier alpha value is -0.560. The molecule has 18 heavy (non-hydrogen) atoms. The molecule has 0 aromatic rings. The first-order valence-electron chi connectivity index (χ1n) is 5.56. The SMILES string of the molecule is O=C([O-])CCl.O=C([O-])CCl.[NH3+]CCCCCC[NH3+]. The number of hydrogen-bond donors (Lipinski definition) is 2. The van der Waals surface area contributed by atoms with Crippen LogP contribution in [0, 0.1) is 0 Å². The highest BCUT2D eigenvalue weighted by molar-refractivity contribution is 6.26. The largest absolute Gasteiger partial charge is 0.549 e. The van der Waals surface area contributed by atoms with Crippen LogP contribution < -0.4 is 21.7 Å². The maximum atomic E-state index is 9.12. The minimum Gasteiger partial charge on any atom is -0.549 e. The molecule has 0 aliphatic heterocycles. The summed E-state index contributed by atoms with van der Waals surface area (Å²) in [5, 5.41) is 18.2. The van der Waals surface area contributed by atoms with Gasteiger partial charge in [-0.1, -0.05) is 0 Å². The van der Waals surface area contributed by atoms with Gasteiger partial charge in [0.1, 0.15) is 0 Å². The van der Waals surface area contributed by atoms with Gasteiger partial charge in [0.2, 0.25) is 0 Å². The molecule has 0 radical (unpaired) electrons. The van der Waals surface area contributed by atoms with E-state index in [0.717, 1.165) is 13.1 Å². The minimum absolute atomic E-state index is 0.417. The molecule has 6 N–H and O–H groups in total. The summed E-state index contributed by atoms with van der Waals surface area (Å²) in [6, 6.07) is 0. The van der Waals surface area contributed by atoms with Crippen molar-refractivity contribution in [2.45, 2.75) is 25.7 Å². The molecule has 0 amide bonds. The molecule has 0 aliphatic carbocycles. The van der Waals surface area contributed by atoms with Crippen LogP contribution in [0.15, 0.2) is 0 Å². The number of halogens is 2. The number of quaternary nitrogens is 2. The first-order chi connectivity index (χ1) is 8.45. The van der Waals surface area contributed by atoms with Crippen molar-refractivity contribution < 1.29 is 31.3 Å². The van der Waals surface area contributed by atoms with Crippen molar-refractivity contribution in [1.82, 2.24) is 0 Å². The lowest BCUT2D eigenvalue weighted by atomic mass is 10.2. The van der Waals surface area contributed by atoms with Crippen LogP contribution in [-0.2, 0) is 9.59 Å². The van der Waals surface area contributed by atoms with Gasteiger partial charge in [0.05, 0.1) is 36.8 Å². The monoisotopic (exact) mass is 304 g/mol. The number of carbonyl (C=O) groups excluding carboxylic acids is 2. The molecule has 110 valence electrons. The van der Waals surface area contributed by atoms with Gasteiger partial charge in [0, 0.05) is 0 Å². The second kappa shape index (κ2) is 21.7. The fourth-order valence-corrected chi connectivity index (χ4v) is 0.707. The summed E-state index contributed by atoms with van der Waals surface area (Å²) in [5.41, 5.74) is 7.54. The van der Waals surface area contributed by atoms with Crippen molar-refractivity contribution in [1.29, 1.82) is 0 Å². The zero-order chi connectivity index (χ0) is 14.8. The van der Waals surface area contributed by atoms with Crippen LogP contribution in [0.5, 0.6) is 0 Å². The highest BCUT2D eigenvalue weighted by Gasteiger charge is 1.86. The zero-order valence-electron chi connectivity index (χ0n) is 10.5. The van der Waals surface area contributed by atoms with Crippen LogP contribution in [-0.4, -0.2) is 36.8 Å². The Morgan fingerprint density at radius 1 is 0.778 bits per heavy atom. The molecular weight excluding hydrogens is 283 g/mol. The van der Waals surface area contributed by atoms with Crippen LogP contribution in [0.4, 0.5) is 0 Å². The Labute approximate surface area is 117 Å². The smallest absolute Gasteiger partial charge is 0.0739 e. The fourth-order valence-electron chi connectivity index (χ4n) is 0.707. The Morgan fingerprint density at radius 3 is 1.11 bits per heavy atom. The van der Waals surface area contributed by atoms with E-state index in [4.69, 9.17) is 19.8 Å². The number of aliphatic carboxylic acids is 2. The normalized spacial score (nSPS) is 8.44. The average Bonchev–Trinajstić information content (AvgIpc) is 2.36. The Balaban J connectivity index is -0.000000197. The predicted molar refractivity (Wildman–Crippen MR) is 65.4 cm³/mol. The van der Waals surface area contributed by atoms with E-state index in [9.17, 15) is 0 Å². The molecular formula is C10H22Cl2N2O4. The third-order valence-corrected chi connectivity index (χ3v) is 1.90. The van der Waals surface area contributed by atoms with E-state index in [-0.39, 0.29) is 0 Å². The number of unbranched alkanes of at least 4 members (excludes halogenated alkanes) is 3. The van der Waals surface area contributed by atoms with E-state index in [1.54, 1.807) is 0 Å². The van der Waals surface area contributed by atoms with Crippen LogP contribution in [0.3, 0.4) is 0 Å². The summed E-state index contributed by atoms with van der Waals surface area (Å²) < 4.78 is 0. The first kappa shape index (κ1) is 22.6. The first-order valence-corrected chi connectivity index (χ1v) is 6.63. The van der Waals surface area contributed by atoms with Gasteiger partial charge >= 0.3 is 0 Å². The number of carbonyl (C=O) groups is 2. The van der Waals surface area contributed by atoms with E-state index in [1.165, 1.54) is 25.7 Å². The standard InChI is InChI=1S/C6H16N2.2C2H3ClO2/c7-5-3-1-2-4-6-8;2*3-1-2(4)5/h1-8H2;2*1H2,(H,4,5). The molecule has 0 fully saturated rings. The summed E-state index contributed by atoms with van der Waals surface area (Å²) in [6.45, 7) is 2.19. The zero-order valence-corrected chi connectivity index (χ0v) is 12.0. The lowest BCUT2D eigenvalue weighted by Gasteiger charge is -1.91. The molecule has 0 bridgehead atoms. The Morgan fingerprint density at radius 2 is 1.00 bits per heavy atom. The number of hydrogen-bond acceptors (Lipinski definition) is 4. The molecule has 0 atom stereocenters. The maximum Gasteiger partial charge on any atom is 0.0739 e. The van der Waals surface area contributed by atoms with Crippen molar-refractivity contribution in [2.24, 2.45) is 0 Å². The van der Waals surface area contributed by atoms with E-state index in [0.29, 0.717) is 0 Å². The van der Waals surface area contributed by atoms with Crippen LogP contribution in [0.25, 0.3) is 0 Å². The number of rotatable bonds is 7. The Bertz CT molecular complexity index is 175. The second-order valence-electron chi connectivity index (χ2n) is 3.13. The summed E-state index contributed by atoms with van der Waals surface area (Å²) >= 11 is 9.35. The molecule has 0 aromatic heterocycles. The number of alkyl halides is 2. The van der Waals surface area contributed by atoms with Gasteiger partial charge in [0.25, 0.3) is 0 Å². The van der Waals surface area contributed by atoms with Gasteiger partial charge in [-0.25, -0.2) is 0 Å². The molecule has 0 unspecified atom stereocenters. The van der Waals surface area contributed by atoms with Crippen molar-refractivity contribution in [3.05, 3.63) is 0 Å². The van der Waals surface area contributed by atoms with Crippen LogP contribution in [0.1, 0.15) is 25.7 Å². The summed E-state index contributed by atoms with van der Waals surface area (Å²) in [7, 11) is 0. The lowest BCUT2D eigenvalue weighted by molar-refractivity contribution is -0.371. The summed E-state index contributed by atoms with van der Waals surface area (Å²) in [5.74, 6) is -3.29. The highest BCUT2D eigenvalue weighted by Crippen LogP contribution is 1.94. The summed E-state index contributed by atoms with van der Waals surface area (Å²) in [6.07, 6.45) is 5.28. The van der Waals surface area contributed by atoms with Crippen LogP contribution >= 0.6 is 23.2 Å². The van der Waals surface area contributed by atoms with E-state index in [2.05, 4.69) is 34.7 Å². The van der Waals surface area contributed by atoms with Gasteiger partial charge in [-0.05, 0) is 25.7 Å². The van der Waals surface area contributed by atoms with Gasteiger partial charge in [-0.2, -0.15) is 0 Å². The van der Waals surface area contributed by atoms with Crippen LogP contribution in [0.2, 0.25) is 0 Å². The van der Waals surface area contributed by atoms with Crippen molar-refractivity contribution in [3.8, 4) is 0 Å². The third-order valence-electron chi connectivity index (χ3n) is 1.47. The second-order valence-corrected chi connectivity index (χ2v) is 3.67. The quantitative estimate of drug-likeness (QED) is 0.382. The van der Waals surface area contributed by atoms with Crippen molar-refractivity contribution in [2.75, 3.05) is 24.8 Å². The van der Waals surface area contributed by atoms with Gasteiger partial charge < -0.3 is 31.3 Å². The molecule has 6 nitrogen and oxygen atoms in total. The van der Waals surface area contributed by atoms with Gasteiger partial charge in [0.15, 0.2) is 0 Å². The van der Waals surface area contributed by atoms with Gasteiger partial charge in [-0.3, -0.25) is 0 Å². The van der Waals surface area contributed by atoms with E-state index >= 15 is 0 Å². The molecule has 0 aromatic carbocycles. The molecule has 0 heterocycles. The molecule has 0 spiro atoms. The highest BCUT2D eigenvalue weighted by atomic mass is 35.5. The Kier molecular flexibility index (Phi) is 27.2. The van der Waals surface area contributed by atoms with Crippen molar-refractivity contribution in [3.63, 3.8) is 0 Å². The summed E-state index contributed by atoms with van der Waals surface area (Å²) in [4.78, 5) is 18.2. The lowest BCUT2D eigenvalue weighted by Crippen LogP contribution is -2.50. The maximum absolute atomic E-state index is 9.12. The molecule has 0 saturated heterocycles. The van der Waals surface area contributed by atoms with E-state index in [1.807, 2.05) is 0 Å². The molecule has 0 aliphatic rings. The molecule has 0 saturated carbocycles. The topological polar surface area (TPSA) is 136 Å². The van der Waals surface area contributed by atoms with E-state index < -0.39 is 23.7 Å². The predicted octanol–water partition coefficient (Wildman–Crippen LogP) is -3.02. The molecule has 8 heteroatoms. The minimum atomic E-state index is -1.23. The average molecular weight is 305 g/mol. The third kappa shape index (κ3) is 45.2. The van der Waals surface area contributed by atoms with Gasteiger partial charge in [-0.15, -0.1) is 23.2 Å². The number of carboxylic acid groups (broad SMARTS) is 2.